The minimum Gasteiger partial charge on any atom is -0.457 e. The summed E-state index contributed by atoms with van der Waals surface area (Å²) in [5.41, 5.74) is 13.7. The van der Waals surface area contributed by atoms with Crippen LogP contribution in [0.3, 0.4) is 0 Å². The van der Waals surface area contributed by atoms with Crippen molar-refractivity contribution >= 4 is 33.2 Å². The van der Waals surface area contributed by atoms with Gasteiger partial charge in [0.25, 0.3) is 0 Å². The lowest BCUT2D eigenvalue weighted by molar-refractivity contribution is 0.477. The second-order valence-corrected chi connectivity index (χ2v) is 21.1. The lowest BCUT2D eigenvalue weighted by Gasteiger charge is -2.30. The smallest absolute Gasteiger partial charge is 0.137 e. The minimum atomic E-state index is -0.306. The van der Waals surface area contributed by atoms with E-state index >= 15 is 0 Å². The Morgan fingerprint density at radius 3 is 1.68 bits per heavy atom. The zero-order valence-electron chi connectivity index (χ0n) is 40.4. The first kappa shape index (κ1) is 43.7. The maximum atomic E-state index is 7.25. The van der Waals surface area contributed by atoms with Crippen LogP contribution in [0.15, 0.2) is 169 Å². The van der Waals surface area contributed by atoms with Gasteiger partial charge in [0.2, 0.25) is 0 Å². The third-order valence-electron chi connectivity index (χ3n) is 14.0. The number of aromatic nitrogens is 2. The number of anilines is 2. The first-order valence-corrected chi connectivity index (χ1v) is 23.1. The highest BCUT2D eigenvalue weighted by atomic mass is 16.5. The molecule has 0 atom stereocenters. The quantitative estimate of drug-likeness (QED) is 0.145. The van der Waals surface area contributed by atoms with E-state index in [1.54, 1.807) is 0 Å². The Labute approximate surface area is 387 Å². The fourth-order valence-corrected chi connectivity index (χ4v) is 9.67. The second-order valence-electron chi connectivity index (χ2n) is 21.1. The number of allylic oxidation sites excluding steroid dienone is 2. The summed E-state index contributed by atoms with van der Waals surface area (Å²) in [4.78, 5) is 9.96. The van der Waals surface area contributed by atoms with Crippen LogP contribution in [0.2, 0.25) is 0 Å². The number of hydrogen-bond donors (Lipinski definition) is 0. The summed E-state index contributed by atoms with van der Waals surface area (Å²) >= 11 is 0. The minimum absolute atomic E-state index is 0.0513. The number of ether oxygens (including phenoxy) is 1. The van der Waals surface area contributed by atoms with Gasteiger partial charge < -0.3 is 14.5 Å². The standard InChI is InChI=1S/C60H64N4O/c1-40-41(2)63(39-62(40)47-27-21-26-44(32-47)57(3,4)5)48-33-46(60(11,12)43-24-17-14-18-25-43)34-49(36-48)65-50-37-52(58(6,7)8)56-51-28-19-20-29-53(51)64(54(56)38-50)55-35-45(30-31-61-55)59(9,10)42-22-15-13-16-23-42/h13-38H,39H2,1-12H3. The van der Waals surface area contributed by atoms with E-state index in [2.05, 4.69) is 249 Å². The van der Waals surface area contributed by atoms with Crippen LogP contribution in [-0.4, -0.2) is 16.2 Å². The van der Waals surface area contributed by atoms with Crippen molar-refractivity contribution in [2.75, 3.05) is 16.5 Å². The maximum Gasteiger partial charge on any atom is 0.137 e. The van der Waals surface area contributed by atoms with Crippen molar-refractivity contribution in [3.8, 4) is 17.3 Å². The van der Waals surface area contributed by atoms with Gasteiger partial charge in [0.15, 0.2) is 0 Å². The van der Waals surface area contributed by atoms with Crippen LogP contribution >= 0.6 is 0 Å². The number of pyridine rings is 1. The van der Waals surface area contributed by atoms with Crippen molar-refractivity contribution in [3.63, 3.8) is 0 Å². The van der Waals surface area contributed by atoms with Gasteiger partial charge in [0.1, 0.15) is 17.3 Å². The molecule has 0 bridgehead atoms. The molecule has 0 saturated heterocycles. The molecular formula is C60H64N4O. The molecule has 1 aliphatic heterocycles. The molecular weight excluding hydrogens is 793 g/mol. The number of rotatable bonds is 9. The molecule has 1 aliphatic rings. The number of para-hydroxylation sites is 1. The third kappa shape index (κ3) is 8.00. The Balaban J connectivity index is 1.20. The molecule has 0 unspecified atom stereocenters. The maximum absolute atomic E-state index is 7.25. The average molecular weight is 857 g/mol. The zero-order valence-corrected chi connectivity index (χ0v) is 40.4. The summed E-state index contributed by atoms with van der Waals surface area (Å²) in [5, 5.41) is 2.42. The van der Waals surface area contributed by atoms with Crippen molar-refractivity contribution in [1.29, 1.82) is 0 Å². The highest BCUT2D eigenvalue weighted by Crippen LogP contribution is 2.45. The molecule has 8 aromatic rings. The summed E-state index contributed by atoms with van der Waals surface area (Å²) in [5.74, 6) is 2.47. The summed E-state index contributed by atoms with van der Waals surface area (Å²) < 4.78 is 9.59. The lowest BCUT2D eigenvalue weighted by Crippen LogP contribution is -2.28. The largest absolute Gasteiger partial charge is 0.457 e. The molecule has 0 saturated carbocycles. The molecule has 3 heterocycles. The highest BCUT2D eigenvalue weighted by Gasteiger charge is 2.31. The number of hydrogen-bond acceptors (Lipinski definition) is 4. The Morgan fingerprint density at radius 1 is 0.462 bits per heavy atom. The molecule has 0 spiro atoms. The molecule has 6 aromatic carbocycles. The van der Waals surface area contributed by atoms with Gasteiger partial charge in [-0.15, -0.1) is 0 Å². The van der Waals surface area contributed by atoms with Gasteiger partial charge in [-0.25, -0.2) is 4.98 Å². The predicted octanol–water partition coefficient (Wildman–Crippen LogP) is 15.8. The molecule has 0 amide bonds. The van der Waals surface area contributed by atoms with Crippen LogP contribution < -0.4 is 14.5 Å². The molecule has 9 rings (SSSR count). The summed E-state index contributed by atoms with van der Waals surface area (Å²) in [6.45, 7) is 28.1. The van der Waals surface area contributed by atoms with E-state index in [0.29, 0.717) is 6.67 Å². The Bertz CT molecular complexity index is 3090. The van der Waals surface area contributed by atoms with E-state index in [4.69, 9.17) is 9.72 Å². The molecule has 5 nitrogen and oxygen atoms in total. The normalized spacial score (nSPS) is 14.0. The van der Waals surface area contributed by atoms with Gasteiger partial charge in [-0.3, -0.25) is 4.57 Å². The Kier molecular flexibility index (Phi) is 10.8. The number of benzene rings is 6. The summed E-state index contributed by atoms with van der Waals surface area (Å²) in [6, 6.07) is 55.1. The van der Waals surface area contributed by atoms with Crippen molar-refractivity contribution in [3.05, 3.63) is 203 Å². The Hall–Kier alpha value is -6.59. The van der Waals surface area contributed by atoms with Crippen LogP contribution in [0, 0.1) is 0 Å². The fraction of sp³-hybridized carbons (Fsp3) is 0.283. The molecule has 0 aliphatic carbocycles. The average Bonchev–Trinajstić information content (AvgIpc) is 3.78. The van der Waals surface area contributed by atoms with Crippen LogP contribution in [0.5, 0.6) is 11.5 Å². The van der Waals surface area contributed by atoms with Crippen LogP contribution in [0.4, 0.5) is 11.4 Å². The van der Waals surface area contributed by atoms with Gasteiger partial charge in [-0.2, -0.15) is 0 Å². The first-order valence-electron chi connectivity index (χ1n) is 23.1. The van der Waals surface area contributed by atoms with Gasteiger partial charge in [-0.05, 0) is 107 Å². The topological polar surface area (TPSA) is 33.5 Å². The Morgan fingerprint density at radius 2 is 1.03 bits per heavy atom. The van der Waals surface area contributed by atoms with E-state index in [-0.39, 0.29) is 21.7 Å². The van der Waals surface area contributed by atoms with Gasteiger partial charge in [-0.1, -0.05) is 160 Å². The predicted molar refractivity (Wildman–Crippen MR) is 274 cm³/mol. The molecule has 5 heteroatoms. The third-order valence-corrected chi connectivity index (χ3v) is 14.0. The van der Waals surface area contributed by atoms with Crippen molar-refractivity contribution in [2.45, 2.75) is 105 Å². The zero-order chi connectivity index (χ0) is 46.1. The SMILES string of the molecule is CC1=C(C)N(c2cc(Oc3cc(C(C)(C)C)c4c5ccccc5n(-c5cc(C(C)(C)c6ccccc6)ccn5)c4c3)cc(C(C)(C)c3ccccc3)c2)CN1c1cccc(C(C)(C)C)c1. The monoisotopic (exact) mass is 857 g/mol. The van der Waals surface area contributed by atoms with Gasteiger partial charge in [0.05, 0.1) is 17.7 Å². The van der Waals surface area contributed by atoms with Crippen molar-refractivity contribution in [1.82, 2.24) is 9.55 Å². The molecule has 65 heavy (non-hydrogen) atoms. The molecule has 330 valence electrons. The van der Waals surface area contributed by atoms with Crippen LogP contribution in [0.25, 0.3) is 27.6 Å². The number of fused-ring (bicyclic) bond motifs is 3. The second kappa shape index (κ2) is 16.1. The van der Waals surface area contributed by atoms with E-state index < -0.39 is 0 Å². The van der Waals surface area contributed by atoms with E-state index in [9.17, 15) is 0 Å². The van der Waals surface area contributed by atoms with Crippen molar-refractivity contribution in [2.24, 2.45) is 0 Å². The van der Waals surface area contributed by atoms with Crippen LogP contribution in [0.1, 0.15) is 116 Å². The van der Waals surface area contributed by atoms with Crippen molar-refractivity contribution < 1.29 is 4.74 Å². The first-order chi connectivity index (χ1) is 30.8. The summed E-state index contributed by atoms with van der Waals surface area (Å²) in [7, 11) is 0. The van der Waals surface area contributed by atoms with Gasteiger partial charge >= 0.3 is 0 Å². The van der Waals surface area contributed by atoms with E-state index in [0.717, 1.165) is 34.0 Å². The highest BCUT2D eigenvalue weighted by molar-refractivity contribution is 6.11. The fourth-order valence-electron chi connectivity index (χ4n) is 9.67. The van der Waals surface area contributed by atoms with E-state index in [1.165, 1.54) is 61.2 Å². The van der Waals surface area contributed by atoms with Gasteiger partial charge in [0, 0.05) is 62.7 Å². The van der Waals surface area contributed by atoms with E-state index in [1.807, 2.05) is 6.20 Å². The molecule has 0 N–H and O–H groups in total. The number of nitrogens with zero attached hydrogens (tertiary/aromatic N) is 4. The van der Waals surface area contributed by atoms with Crippen LogP contribution in [-0.2, 0) is 21.7 Å². The summed E-state index contributed by atoms with van der Waals surface area (Å²) in [6.07, 6.45) is 1.96. The molecule has 2 aromatic heterocycles. The molecule has 0 fully saturated rings. The molecule has 0 radical (unpaired) electrons. The lowest BCUT2D eigenvalue weighted by atomic mass is 9.78.